The molecule has 0 aromatic carbocycles. The molecule has 0 radical (unpaired) electrons. The summed E-state index contributed by atoms with van der Waals surface area (Å²) in [5, 5.41) is 4.55. The molecule has 10 heteroatoms. The number of halogens is 3. The van der Waals surface area contributed by atoms with E-state index in [1.54, 1.807) is 18.5 Å². The minimum absolute atomic E-state index is 0.142. The highest BCUT2D eigenvalue weighted by Gasteiger charge is 2.33. The van der Waals surface area contributed by atoms with Crippen molar-refractivity contribution in [2.24, 2.45) is 0 Å². The van der Waals surface area contributed by atoms with Gasteiger partial charge in [-0.15, -0.1) is 0 Å². The SMILES string of the molecule is FC(F)(F)c1cc2c(-c3nc(N4CCNCC4)c4c(C5=CC=C5)cncc4n3)ccnc2[nH]1. The predicted octanol–water partition coefficient (Wildman–Crippen LogP) is 3.95. The van der Waals surface area contributed by atoms with Gasteiger partial charge >= 0.3 is 6.18 Å². The van der Waals surface area contributed by atoms with Crippen LogP contribution in [0, 0.1) is 0 Å². The number of aromatic nitrogens is 5. The van der Waals surface area contributed by atoms with Crippen LogP contribution in [0.4, 0.5) is 19.0 Å². The number of rotatable bonds is 3. The Morgan fingerprint density at radius 1 is 1.03 bits per heavy atom. The molecular formula is C23H18F3N7. The zero-order valence-corrected chi connectivity index (χ0v) is 17.3. The second-order valence-electron chi connectivity index (χ2n) is 7.97. The van der Waals surface area contributed by atoms with E-state index in [2.05, 4.69) is 25.2 Å². The number of anilines is 1. The maximum absolute atomic E-state index is 13.3. The van der Waals surface area contributed by atoms with Crippen LogP contribution in [0.1, 0.15) is 11.3 Å². The molecule has 1 aliphatic carbocycles. The van der Waals surface area contributed by atoms with Crippen molar-refractivity contribution in [3.05, 3.63) is 60.2 Å². The van der Waals surface area contributed by atoms with E-state index >= 15 is 0 Å². The van der Waals surface area contributed by atoms with E-state index in [0.29, 0.717) is 22.3 Å². The summed E-state index contributed by atoms with van der Waals surface area (Å²) in [5.74, 6) is 1.10. The average molecular weight is 449 g/mol. The number of pyridine rings is 2. The highest BCUT2D eigenvalue weighted by Crippen LogP contribution is 2.37. The molecule has 7 nitrogen and oxygen atoms in total. The summed E-state index contributed by atoms with van der Waals surface area (Å²) < 4.78 is 39.9. The number of fused-ring (bicyclic) bond motifs is 2. The summed E-state index contributed by atoms with van der Waals surface area (Å²) in [7, 11) is 0. The molecule has 2 aliphatic rings. The third-order valence-corrected chi connectivity index (χ3v) is 5.94. The van der Waals surface area contributed by atoms with Crippen molar-refractivity contribution in [1.29, 1.82) is 0 Å². The lowest BCUT2D eigenvalue weighted by molar-refractivity contribution is -0.140. The lowest BCUT2D eigenvalue weighted by Gasteiger charge is -2.30. The van der Waals surface area contributed by atoms with Crippen LogP contribution in [0.2, 0.25) is 0 Å². The first-order chi connectivity index (χ1) is 16.0. The van der Waals surface area contributed by atoms with E-state index in [0.717, 1.165) is 54.6 Å². The monoisotopic (exact) mass is 449 g/mol. The Balaban J connectivity index is 1.60. The van der Waals surface area contributed by atoms with E-state index in [4.69, 9.17) is 9.97 Å². The highest BCUT2D eigenvalue weighted by atomic mass is 19.4. The minimum Gasteiger partial charge on any atom is -0.353 e. The average Bonchev–Trinajstić information content (AvgIpc) is 3.23. The van der Waals surface area contributed by atoms with Crippen molar-refractivity contribution in [1.82, 2.24) is 30.2 Å². The third kappa shape index (κ3) is 3.34. The number of hydrogen-bond donors (Lipinski definition) is 2. The summed E-state index contributed by atoms with van der Waals surface area (Å²) in [4.78, 5) is 22.6. The van der Waals surface area contributed by atoms with Crippen LogP contribution in [0.25, 0.3) is 38.9 Å². The van der Waals surface area contributed by atoms with E-state index in [9.17, 15) is 13.2 Å². The van der Waals surface area contributed by atoms with Crippen LogP contribution in [-0.2, 0) is 6.18 Å². The molecule has 1 fully saturated rings. The number of allylic oxidation sites excluding steroid dienone is 4. The number of aromatic amines is 1. The lowest BCUT2D eigenvalue weighted by atomic mass is 9.97. The smallest absolute Gasteiger partial charge is 0.353 e. The van der Waals surface area contributed by atoms with Gasteiger partial charge in [0.15, 0.2) is 5.82 Å². The predicted molar refractivity (Wildman–Crippen MR) is 120 cm³/mol. The van der Waals surface area contributed by atoms with Gasteiger partial charge in [-0.2, -0.15) is 13.2 Å². The Morgan fingerprint density at radius 3 is 2.58 bits per heavy atom. The first kappa shape index (κ1) is 19.9. The summed E-state index contributed by atoms with van der Waals surface area (Å²) in [6.07, 6.45) is 6.43. The van der Waals surface area contributed by atoms with Gasteiger partial charge in [-0.1, -0.05) is 18.2 Å². The molecular weight excluding hydrogens is 431 g/mol. The maximum atomic E-state index is 13.3. The molecule has 0 atom stereocenters. The minimum atomic E-state index is -4.50. The molecule has 2 N–H and O–H groups in total. The summed E-state index contributed by atoms with van der Waals surface area (Å²) in [6, 6.07) is 2.71. The molecule has 6 rings (SSSR count). The zero-order valence-electron chi connectivity index (χ0n) is 17.3. The van der Waals surface area contributed by atoms with Gasteiger partial charge in [0, 0.05) is 55.1 Å². The summed E-state index contributed by atoms with van der Waals surface area (Å²) in [5.41, 5.74) is 2.41. The number of piperazine rings is 1. The molecule has 4 aromatic rings. The van der Waals surface area contributed by atoms with Crippen molar-refractivity contribution in [2.75, 3.05) is 31.1 Å². The van der Waals surface area contributed by atoms with Gasteiger partial charge in [-0.3, -0.25) is 4.98 Å². The molecule has 4 aromatic heterocycles. The first-order valence-corrected chi connectivity index (χ1v) is 10.5. The number of nitrogens with one attached hydrogen (secondary N) is 2. The Labute approximate surface area is 186 Å². The fourth-order valence-electron chi connectivity index (χ4n) is 4.26. The van der Waals surface area contributed by atoms with Crippen LogP contribution < -0.4 is 10.2 Å². The van der Waals surface area contributed by atoms with Gasteiger partial charge in [0.2, 0.25) is 0 Å². The Bertz CT molecular complexity index is 1450. The van der Waals surface area contributed by atoms with Crippen LogP contribution in [0.3, 0.4) is 0 Å². The largest absolute Gasteiger partial charge is 0.431 e. The molecule has 33 heavy (non-hydrogen) atoms. The molecule has 1 aliphatic heterocycles. The molecule has 1 saturated heterocycles. The standard InChI is InChI=1S/C23H18F3N7/c24-23(25,26)18-10-15-14(4-5-29-20(15)31-18)21-30-17-12-28-11-16(13-2-1-3-13)19(17)22(32-21)33-8-6-27-7-9-33/h1-5,10-12,27H,6-9H2,(H,29,31). The molecule has 0 spiro atoms. The van der Waals surface area contributed by atoms with Gasteiger partial charge in [0.05, 0.1) is 17.1 Å². The van der Waals surface area contributed by atoms with Gasteiger partial charge in [-0.05, 0) is 17.7 Å². The van der Waals surface area contributed by atoms with Crippen LogP contribution in [-0.4, -0.2) is 51.1 Å². The fourth-order valence-corrected chi connectivity index (χ4v) is 4.26. The summed E-state index contributed by atoms with van der Waals surface area (Å²) >= 11 is 0. The number of hydrogen-bond acceptors (Lipinski definition) is 6. The van der Waals surface area contributed by atoms with Crippen molar-refractivity contribution < 1.29 is 13.2 Å². The second kappa shape index (κ2) is 7.38. The number of alkyl halides is 3. The third-order valence-electron chi connectivity index (χ3n) is 5.94. The van der Waals surface area contributed by atoms with Crippen molar-refractivity contribution >= 4 is 33.3 Å². The first-order valence-electron chi connectivity index (χ1n) is 10.5. The Morgan fingerprint density at radius 2 is 1.85 bits per heavy atom. The Kier molecular flexibility index (Phi) is 4.44. The van der Waals surface area contributed by atoms with Gasteiger partial charge < -0.3 is 15.2 Å². The lowest BCUT2D eigenvalue weighted by Crippen LogP contribution is -2.44. The summed E-state index contributed by atoms with van der Waals surface area (Å²) in [6.45, 7) is 3.15. The van der Waals surface area contributed by atoms with E-state index in [1.807, 2.05) is 18.2 Å². The molecule has 166 valence electrons. The number of H-pyrrole nitrogens is 1. The molecule has 5 heterocycles. The number of nitrogens with zero attached hydrogens (tertiary/aromatic N) is 5. The van der Waals surface area contributed by atoms with Crippen LogP contribution >= 0.6 is 0 Å². The molecule has 0 bridgehead atoms. The molecule has 0 saturated carbocycles. The fraction of sp³-hybridized carbons (Fsp3) is 0.217. The van der Waals surface area contributed by atoms with Gasteiger partial charge in [0.25, 0.3) is 0 Å². The van der Waals surface area contributed by atoms with Gasteiger partial charge in [-0.25, -0.2) is 15.0 Å². The van der Waals surface area contributed by atoms with E-state index < -0.39 is 11.9 Å². The normalized spacial score (nSPS) is 16.3. The molecule has 0 unspecified atom stereocenters. The Hall–Kier alpha value is -3.79. The second-order valence-corrected chi connectivity index (χ2v) is 7.97. The van der Waals surface area contributed by atoms with Crippen LogP contribution in [0.15, 0.2) is 49.0 Å². The van der Waals surface area contributed by atoms with Crippen molar-refractivity contribution in [3.8, 4) is 11.4 Å². The van der Waals surface area contributed by atoms with Crippen molar-refractivity contribution in [2.45, 2.75) is 6.18 Å². The maximum Gasteiger partial charge on any atom is 0.431 e. The quantitative estimate of drug-likeness (QED) is 0.493. The zero-order chi connectivity index (χ0) is 22.6. The van der Waals surface area contributed by atoms with Crippen molar-refractivity contribution in [3.63, 3.8) is 0 Å². The topological polar surface area (TPSA) is 82.6 Å². The molecule has 0 amide bonds. The highest BCUT2D eigenvalue weighted by molar-refractivity contribution is 6.03. The van der Waals surface area contributed by atoms with Gasteiger partial charge in [0.1, 0.15) is 17.2 Å². The van der Waals surface area contributed by atoms with E-state index in [-0.39, 0.29) is 5.65 Å². The van der Waals surface area contributed by atoms with E-state index in [1.165, 1.54) is 6.20 Å². The van der Waals surface area contributed by atoms with Crippen LogP contribution in [0.5, 0.6) is 0 Å².